The third kappa shape index (κ3) is 5.44. The van der Waals surface area contributed by atoms with Crippen LogP contribution in [0.1, 0.15) is 48.3 Å². The van der Waals surface area contributed by atoms with Gasteiger partial charge in [0.25, 0.3) is 5.91 Å². The summed E-state index contributed by atoms with van der Waals surface area (Å²) < 4.78 is 22.2. The topological polar surface area (TPSA) is 95.1 Å². The van der Waals surface area contributed by atoms with E-state index in [1.54, 1.807) is 40.6 Å². The molecule has 8 heteroatoms. The first-order valence-electron chi connectivity index (χ1n) is 13.8. The molecule has 2 unspecified atom stereocenters. The van der Waals surface area contributed by atoms with E-state index in [0.29, 0.717) is 57.5 Å². The van der Waals surface area contributed by atoms with E-state index < -0.39 is 5.92 Å². The molecule has 42 heavy (non-hydrogen) atoms. The molecule has 1 amide bonds. The van der Waals surface area contributed by atoms with Gasteiger partial charge in [0, 0.05) is 40.2 Å². The molecule has 1 aliphatic heterocycles. The summed E-state index contributed by atoms with van der Waals surface area (Å²) in [6.07, 6.45) is 0.869. The molecule has 0 fully saturated rings. The minimum absolute atomic E-state index is 0.0356. The van der Waals surface area contributed by atoms with Crippen LogP contribution in [-0.2, 0) is 9.59 Å². The van der Waals surface area contributed by atoms with Gasteiger partial charge in [0.1, 0.15) is 11.5 Å². The predicted molar refractivity (Wildman–Crippen MR) is 161 cm³/mol. The van der Waals surface area contributed by atoms with E-state index in [1.807, 2.05) is 62.4 Å². The fourth-order valence-corrected chi connectivity index (χ4v) is 5.89. The zero-order valence-electron chi connectivity index (χ0n) is 24.8. The second kappa shape index (κ2) is 12.0. The van der Waals surface area contributed by atoms with Crippen molar-refractivity contribution in [2.24, 2.45) is 0 Å². The van der Waals surface area contributed by atoms with Gasteiger partial charge in [-0.1, -0.05) is 23.8 Å². The molecule has 0 saturated carbocycles. The number of hydrogen-bond acceptors (Lipinski definition) is 7. The van der Waals surface area contributed by atoms with Crippen LogP contribution in [0.2, 0.25) is 0 Å². The molecule has 0 aromatic heterocycles. The lowest BCUT2D eigenvalue weighted by atomic mass is 9.71. The number of nitrogens with one attached hydrogen (secondary N) is 2. The second-order valence-corrected chi connectivity index (χ2v) is 10.6. The number of benzene rings is 3. The summed E-state index contributed by atoms with van der Waals surface area (Å²) in [7, 11) is 6.37. The number of allylic oxidation sites excluding steroid dienone is 3. The summed E-state index contributed by atoms with van der Waals surface area (Å²) in [5, 5.41) is 6.48. The highest BCUT2D eigenvalue weighted by atomic mass is 16.5. The fourth-order valence-electron chi connectivity index (χ4n) is 5.89. The number of carbonyl (C=O) groups is 2. The van der Waals surface area contributed by atoms with Gasteiger partial charge in [0.2, 0.25) is 0 Å². The van der Waals surface area contributed by atoms with Gasteiger partial charge in [-0.3, -0.25) is 9.59 Å². The minimum Gasteiger partial charge on any atom is -0.497 e. The summed E-state index contributed by atoms with van der Waals surface area (Å²) in [5.74, 6) is 1.36. The first-order valence-corrected chi connectivity index (χ1v) is 13.8. The third-order valence-corrected chi connectivity index (χ3v) is 8.01. The third-order valence-electron chi connectivity index (χ3n) is 8.01. The van der Waals surface area contributed by atoms with Crippen LogP contribution in [0.15, 0.2) is 83.2 Å². The highest BCUT2D eigenvalue weighted by Crippen LogP contribution is 2.49. The largest absolute Gasteiger partial charge is 0.497 e. The molecule has 0 spiro atoms. The maximum Gasteiger partial charge on any atom is 0.254 e. The molecule has 3 aromatic rings. The molecule has 2 atom stereocenters. The van der Waals surface area contributed by atoms with Crippen LogP contribution in [0, 0.1) is 6.92 Å². The van der Waals surface area contributed by atoms with Crippen LogP contribution in [0.25, 0.3) is 0 Å². The van der Waals surface area contributed by atoms with E-state index >= 15 is 0 Å². The molecule has 0 bridgehead atoms. The average molecular weight is 569 g/mol. The summed E-state index contributed by atoms with van der Waals surface area (Å²) in [5.41, 5.74) is 5.93. The van der Waals surface area contributed by atoms with E-state index in [0.717, 1.165) is 16.8 Å². The van der Waals surface area contributed by atoms with Crippen molar-refractivity contribution in [3.8, 4) is 23.0 Å². The Kier molecular flexibility index (Phi) is 8.24. The first kappa shape index (κ1) is 28.8. The van der Waals surface area contributed by atoms with Gasteiger partial charge in [-0.2, -0.15) is 0 Å². The zero-order chi connectivity index (χ0) is 30.0. The van der Waals surface area contributed by atoms with Crippen LogP contribution in [0.4, 0.5) is 5.69 Å². The molecular formula is C34H36N2O6. The van der Waals surface area contributed by atoms with Gasteiger partial charge in [0.15, 0.2) is 17.3 Å². The Morgan fingerprint density at radius 1 is 0.810 bits per heavy atom. The number of ether oxygens (including phenoxy) is 4. The molecule has 0 saturated heterocycles. The fraction of sp³-hybridized carbons (Fsp3) is 0.294. The van der Waals surface area contributed by atoms with E-state index in [1.165, 1.54) is 0 Å². The SMILES string of the molecule is COc1ccc(OC)c(C2C(C(=O)Nc3ccc(C)cc3)=C(C)NC3=C2C(=O)CC(c2ccc(OC)c(OC)c2)C3)c1. The van der Waals surface area contributed by atoms with Gasteiger partial charge in [-0.15, -0.1) is 0 Å². The Bertz CT molecular complexity index is 1590. The molecule has 3 aromatic carbocycles. The Morgan fingerprint density at radius 2 is 1.50 bits per heavy atom. The number of Topliss-reactive ketones (excluding diaryl/α,β-unsaturated/α-hetero) is 1. The monoisotopic (exact) mass is 568 g/mol. The lowest BCUT2D eigenvalue weighted by molar-refractivity contribution is -0.116. The van der Waals surface area contributed by atoms with Crippen LogP contribution < -0.4 is 29.6 Å². The van der Waals surface area contributed by atoms with Crippen molar-refractivity contribution in [2.45, 2.75) is 38.5 Å². The van der Waals surface area contributed by atoms with E-state index in [4.69, 9.17) is 18.9 Å². The smallest absolute Gasteiger partial charge is 0.254 e. The minimum atomic E-state index is -0.657. The van der Waals surface area contributed by atoms with Crippen LogP contribution in [-0.4, -0.2) is 40.1 Å². The molecule has 5 rings (SSSR count). The van der Waals surface area contributed by atoms with Gasteiger partial charge in [-0.25, -0.2) is 0 Å². The van der Waals surface area contributed by atoms with Crippen molar-refractivity contribution in [1.29, 1.82) is 0 Å². The predicted octanol–water partition coefficient (Wildman–Crippen LogP) is 6.03. The maximum atomic E-state index is 14.1. The number of methoxy groups -OCH3 is 4. The standard InChI is InChI=1S/C34H36N2O6/c1-19-7-10-23(11-8-19)36-34(38)31-20(2)35-26-15-22(21-9-13-29(41-5)30(17-21)42-6)16-27(37)33(26)32(31)25-18-24(39-3)12-14-28(25)40-4/h7-14,17-18,22,32,35H,15-16H2,1-6H3,(H,36,38). The van der Waals surface area contributed by atoms with Gasteiger partial charge in [-0.05, 0) is 74.2 Å². The first-order chi connectivity index (χ1) is 20.3. The highest BCUT2D eigenvalue weighted by Gasteiger charge is 2.42. The van der Waals surface area contributed by atoms with Crippen molar-refractivity contribution >= 4 is 17.4 Å². The van der Waals surface area contributed by atoms with Gasteiger partial charge < -0.3 is 29.6 Å². The quantitative estimate of drug-likeness (QED) is 0.343. The molecular weight excluding hydrogens is 532 g/mol. The van der Waals surface area contributed by atoms with E-state index in [2.05, 4.69) is 10.6 Å². The lowest BCUT2D eigenvalue weighted by Gasteiger charge is -2.37. The number of aryl methyl sites for hydroxylation is 1. The number of amides is 1. The molecule has 0 radical (unpaired) electrons. The molecule has 8 nitrogen and oxygen atoms in total. The number of anilines is 1. The van der Waals surface area contributed by atoms with Crippen LogP contribution in [0.5, 0.6) is 23.0 Å². The van der Waals surface area contributed by atoms with E-state index in [9.17, 15) is 9.59 Å². The van der Waals surface area contributed by atoms with Crippen molar-refractivity contribution in [1.82, 2.24) is 5.32 Å². The number of hydrogen-bond donors (Lipinski definition) is 2. The lowest BCUT2D eigenvalue weighted by Crippen LogP contribution is -2.37. The number of carbonyl (C=O) groups excluding carboxylic acids is 2. The average Bonchev–Trinajstić information content (AvgIpc) is 3.00. The molecule has 1 aliphatic carbocycles. The zero-order valence-corrected chi connectivity index (χ0v) is 24.8. The molecule has 2 N–H and O–H groups in total. The summed E-state index contributed by atoms with van der Waals surface area (Å²) >= 11 is 0. The molecule has 1 heterocycles. The summed E-state index contributed by atoms with van der Waals surface area (Å²) in [6.45, 7) is 3.87. The van der Waals surface area contributed by atoms with Crippen molar-refractivity contribution < 1.29 is 28.5 Å². The Labute approximate surface area is 246 Å². The Morgan fingerprint density at radius 3 is 2.17 bits per heavy atom. The van der Waals surface area contributed by atoms with Gasteiger partial charge >= 0.3 is 0 Å². The van der Waals surface area contributed by atoms with Crippen molar-refractivity contribution in [3.05, 3.63) is 99.9 Å². The number of dihydropyridines is 1. The molecule has 2 aliphatic rings. The number of ketones is 1. The van der Waals surface area contributed by atoms with Crippen molar-refractivity contribution in [3.63, 3.8) is 0 Å². The van der Waals surface area contributed by atoms with Crippen LogP contribution >= 0.6 is 0 Å². The number of rotatable bonds is 8. The maximum absolute atomic E-state index is 14.1. The highest BCUT2D eigenvalue weighted by molar-refractivity contribution is 6.10. The van der Waals surface area contributed by atoms with E-state index in [-0.39, 0.29) is 24.0 Å². The molecule has 218 valence electrons. The second-order valence-electron chi connectivity index (χ2n) is 10.6. The van der Waals surface area contributed by atoms with Crippen LogP contribution in [0.3, 0.4) is 0 Å². The Balaban J connectivity index is 1.60. The van der Waals surface area contributed by atoms with Crippen molar-refractivity contribution in [2.75, 3.05) is 33.8 Å². The normalized spacial score (nSPS) is 18.2. The summed E-state index contributed by atoms with van der Waals surface area (Å²) in [6, 6.07) is 18.8. The van der Waals surface area contributed by atoms with Gasteiger partial charge in [0.05, 0.1) is 34.4 Å². The Hall–Kier alpha value is -4.72. The summed E-state index contributed by atoms with van der Waals surface area (Å²) in [4.78, 5) is 28.1.